The van der Waals surface area contributed by atoms with Crippen LogP contribution in [0.15, 0.2) is 4.42 Å². The molecule has 0 spiro atoms. The average molecular weight is 287 g/mol. The van der Waals surface area contributed by atoms with Gasteiger partial charge in [-0.05, 0) is 46.2 Å². The molecule has 0 aliphatic rings. The average Bonchev–Trinajstić information content (AvgIpc) is 2.41. The molecule has 3 nitrogen and oxygen atoms in total. The molecule has 0 amide bonds. The molecule has 0 aliphatic carbocycles. The van der Waals surface area contributed by atoms with Crippen molar-refractivity contribution >= 4 is 16.6 Å². The van der Waals surface area contributed by atoms with Crippen LogP contribution in [0.1, 0.15) is 18.4 Å². The van der Waals surface area contributed by atoms with Gasteiger partial charge in [0.2, 0.25) is 16.6 Å². The van der Waals surface area contributed by atoms with E-state index in [2.05, 4.69) is 46.2 Å². The van der Waals surface area contributed by atoms with E-state index in [-0.39, 0.29) is 0 Å². The lowest BCUT2D eigenvalue weighted by Gasteiger charge is -2.23. The molecule has 0 unspecified atom stereocenters. The van der Waals surface area contributed by atoms with E-state index in [4.69, 9.17) is 13.3 Å². The van der Waals surface area contributed by atoms with Gasteiger partial charge >= 0.3 is 0 Å². The summed E-state index contributed by atoms with van der Waals surface area (Å²) in [6.07, 6.45) is 0.829. The van der Waals surface area contributed by atoms with Crippen molar-refractivity contribution in [3.05, 3.63) is 11.5 Å². The number of hydrogen-bond acceptors (Lipinski definition) is 3. The highest BCUT2D eigenvalue weighted by Crippen LogP contribution is 2.40. The summed E-state index contributed by atoms with van der Waals surface area (Å²) in [4.78, 5) is 0. The highest BCUT2D eigenvalue weighted by Gasteiger charge is 2.29. The Morgan fingerprint density at radius 1 is 0.889 bits per heavy atom. The Morgan fingerprint density at radius 3 is 1.72 bits per heavy atom. The molecule has 0 N–H and O–H groups in total. The van der Waals surface area contributed by atoms with Gasteiger partial charge in [0.25, 0.3) is 0 Å². The zero-order valence-corrected chi connectivity index (χ0v) is 14.9. The molecule has 0 saturated carbocycles. The molecule has 0 saturated heterocycles. The van der Waals surface area contributed by atoms with E-state index in [1.165, 1.54) is 0 Å². The maximum Gasteiger partial charge on any atom is 0.242 e. The summed E-state index contributed by atoms with van der Waals surface area (Å²) in [7, 11) is -3.32. The molecule has 0 radical (unpaired) electrons. The molecule has 5 heteroatoms. The first-order valence-electron chi connectivity index (χ1n) is 6.54. The van der Waals surface area contributed by atoms with Gasteiger partial charge in [0, 0.05) is 6.42 Å². The minimum atomic E-state index is -1.66. The van der Waals surface area contributed by atoms with Gasteiger partial charge in [-0.1, -0.05) is 6.92 Å². The Balaban J connectivity index is 3.19. The van der Waals surface area contributed by atoms with Crippen LogP contribution in [0.5, 0.6) is 11.5 Å². The highest BCUT2D eigenvalue weighted by atomic mass is 28.4. The largest absolute Gasteiger partial charge is 0.540 e. The van der Waals surface area contributed by atoms with E-state index in [1.54, 1.807) is 0 Å². The van der Waals surface area contributed by atoms with E-state index in [1.807, 2.05) is 6.92 Å². The number of hydrogen-bond donors (Lipinski definition) is 0. The van der Waals surface area contributed by atoms with E-state index in [9.17, 15) is 0 Å². The molecule has 0 aliphatic heterocycles. The monoisotopic (exact) mass is 286 g/mol. The fraction of sp³-hybridized carbons (Fsp3) is 0.692. The second kappa shape index (κ2) is 5.13. The first-order chi connectivity index (χ1) is 8.03. The number of rotatable bonds is 5. The van der Waals surface area contributed by atoms with Crippen molar-refractivity contribution in [1.29, 1.82) is 0 Å². The van der Waals surface area contributed by atoms with Gasteiger partial charge < -0.3 is 13.3 Å². The third kappa shape index (κ3) is 4.21. The molecule has 104 valence electrons. The zero-order valence-electron chi connectivity index (χ0n) is 12.9. The molecule has 0 fully saturated rings. The fourth-order valence-corrected chi connectivity index (χ4v) is 3.30. The Bertz CT molecular complexity index is 411. The molecule has 0 bridgehead atoms. The van der Waals surface area contributed by atoms with Crippen LogP contribution in [0.25, 0.3) is 0 Å². The summed E-state index contributed by atoms with van der Waals surface area (Å²) in [6.45, 7) is 17.1. The normalized spacial score (nSPS) is 12.7. The zero-order chi connectivity index (χ0) is 14.1. The molecule has 0 atom stereocenters. The first kappa shape index (κ1) is 15.4. The van der Waals surface area contributed by atoms with Gasteiger partial charge in [0.05, 0.1) is 0 Å². The second-order valence-corrected chi connectivity index (χ2v) is 15.4. The van der Waals surface area contributed by atoms with Gasteiger partial charge in [-0.25, -0.2) is 0 Å². The van der Waals surface area contributed by atoms with Crippen LogP contribution in [0.3, 0.4) is 0 Å². The number of aryl methyl sites for hydroxylation is 2. The second-order valence-electron chi connectivity index (χ2n) is 6.52. The summed E-state index contributed by atoms with van der Waals surface area (Å²) < 4.78 is 18.1. The van der Waals surface area contributed by atoms with Crippen molar-refractivity contribution in [2.24, 2.45) is 0 Å². The molecule has 1 rings (SSSR count). The highest BCUT2D eigenvalue weighted by molar-refractivity contribution is 6.71. The number of furan rings is 1. The summed E-state index contributed by atoms with van der Waals surface area (Å²) in [5.74, 6) is 3.41. The topological polar surface area (TPSA) is 31.6 Å². The molecular weight excluding hydrogens is 260 g/mol. The summed E-state index contributed by atoms with van der Waals surface area (Å²) in [5, 5.41) is 0. The molecule has 18 heavy (non-hydrogen) atoms. The van der Waals surface area contributed by atoms with Crippen LogP contribution in [0.4, 0.5) is 0 Å². The van der Waals surface area contributed by atoms with Crippen LogP contribution >= 0.6 is 0 Å². The minimum Gasteiger partial charge on any atom is -0.540 e. The van der Waals surface area contributed by atoms with Crippen molar-refractivity contribution in [1.82, 2.24) is 0 Å². The molecule has 0 aromatic carbocycles. The molecule has 1 aromatic heterocycles. The third-order valence-electron chi connectivity index (χ3n) is 2.19. The van der Waals surface area contributed by atoms with E-state index in [0.717, 1.165) is 29.4 Å². The minimum absolute atomic E-state index is 0.827. The predicted molar refractivity (Wildman–Crippen MR) is 80.8 cm³/mol. The van der Waals surface area contributed by atoms with Crippen LogP contribution in [0.2, 0.25) is 39.3 Å². The standard InChI is InChI=1S/C13H26O3Si2/c1-9-11-13(16-18(6,7)8)12(10(2)14-11)15-17(3,4)5/h9H2,1-8H3. The SMILES string of the molecule is CCc1oc(C)c(O[Si](C)(C)C)c1O[Si](C)(C)C. The van der Waals surface area contributed by atoms with E-state index in [0.29, 0.717) is 0 Å². The summed E-state index contributed by atoms with van der Waals surface area (Å²) in [6, 6.07) is 0. The lowest BCUT2D eigenvalue weighted by molar-refractivity contribution is 0.460. The van der Waals surface area contributed by atoms with Crippen molar-refractivity contribution in [3.8, 4) is 11.5 Å². The van der Waals surface area contributed by atoms with Gasteiger partial charge in [-0.15, -0.1) is 0 Å². The Hall–Kier alpha value is -0.686. The lowest BCUT2D eigenvalue weighted by atomic mass is 10.3. The van der Waals surface area contributed by atoms with Crippen LogP contribution < -0.4 is 8.85 Å². The van der Waals surface area contributed by atoms with E-state index < -0.39 is 16.6 Å². The van der Waals surface area contributed by atoms with E-state index >= 15 is 0 Å². The molecule has 1 aromatic rings. The van der Waals surface area contributed by atoms with Crippen LogP contribution in [0, 0.1) is 6.92 Å². The Morgan fingerprint density at radius 2 is 1.33 bits per heavy atom. The smallest absolute Gasteiger partial charge is 0.242 e. The maximum absolute atomic E-state index is 6.16. The van der Waals surface area contributed by atoms with Gasteiger partial charge in [0.15, 0.2) is 11.5 Å². The Kier molecular flexibility index (Phi) is 4.38. The predicted octanol–water partition coefficient (Wildman–Crippen LogP) is 4.58. The summed E-state index contributed by atoms with van der Waals surface area (Å²) >= 11 is 0. The Labute approximate surface area is 113 Å². The lowest BCUT2D eigenvalue weighted by Crippen LogP contribution is -2.32. The van der Waals surface area contributed by atoms with Crippen LogP contribution in [-0.2, 0) is 6.42 Å². The first-order valence-corrected chi connectivity index (χ1v) is 13.4. The molecule has 1 heterocycles. The van der Waals surface area contributed by atoms with Crippen molar-refractivity contribution in [2.75, 3.05) is 0 Å². The van der Waals surface area contributed by atoms with Gasteiger partial charge in [-0.2, -0.15) is 0 Å². The van der Waals surface area contributed by atoms with Gasteiger partial charge in [-0.3, -0.25) is 0 Å². The maximum atomic E-state index is 6.16. The summed E-state index contributed by atoms with van der Waals surface area (Å²) in [5.41, 5.74) is 0. The van der Waals surface area contributed by atoms with Crippen molar-refractivity contribution in [2.45, 2.75) is 59.6 Å². The quantitative estimate of drug-likeness (QED) is 0.743. The van der Waals surface area contributed by atoms with Crippen LogP contribution in [-0.4, -0.2) is 16.6 Å². The van der Waals surface area contributed by atoms with Crippen molar-refractivity contribution < 1.29 is 13.3 Å². The fourth-order valence-electron chi connectivity index (χ4n) is 1.63. The third-order valence-corrected chi connectivity index (χ3v) is 3.83. The van der Waals surface area contributed by atoms with Crippen molar-refractivity contribution in [3.63, 3.8) is 0 Å². The molecular formula is C13H26O3Si2. The van der Waals surface area contributed by atoms with Gasteiger partial charge in [0.1, 0.15) is 11.5 Å².